The molecule has 0 amide bonds. The number of likely N-dealkylation sites (N-methyl/N-ethyl adjacent to an activating group) is 1. The summed E-state index contributed by atoms with van der Waals surface area (Å²) in [6.45, 7) is 5.14. The molecule has 0 aliphatic carbocycles. The van der Waals surface area contributed by atoms with Gasteiger partial charge in [0, 0.05) is 0 Å². The number of nitrogens with zero attached hydrogens (tertiary/aromatic N) is 1. The maximum Gasteiger partial charge on any atom is 0.268 e. The molecule has 0 N–H and O–H groups in total. The minimum Gasteiger partial charge on any atom is -0.756 e. The highest BCUT2D eigenvalue weighted by atomic mass is 31.2. The van der Waals surface area contributed by atoms with Crippen molar-refractivity contribution >= 4 is 7.82 Å². The van der Waals surface area contributed by atoms with Gasteiger partial charge in [-0.1, -0.05) is 110 Å². The quantitative estimate of drug-likeness (QED) is 0.0910. The van der Waals surface area contributed by atoms with Crippen LogP contribution in [0.25, 0.3) is 0 Å². The van der Waals surface area contributed by atoms with Crippen LogP contribution < -0.4 is 4.89 Å². The van der Waals surface area contributed by atoms with E-state index in [1.165, 1.54) is 77.0 Å². The molecule has 0 aliphatic rings. The molecule has 6 heteroatoms. The van der Waals surface area contributed by atoms with Crippen LogP contribution >= 0.6 is 7.82 Å². The number of hydrogen-bond donors (Lipinski definition) is 0. The van der Waals surface area contributed by atoms with Gasteiger partial charge in [-0.05, 0) is 12.8 Å². The standard InChI is InChI=1S/C25H54NO4P/c1-6-8-9-10-11-12-13-14-15-16-17-18-19-20-22-25(21-7-2)30-31(27,28)29-24-23-26(3,4)5/h25H,6-24H2,1-5H3. The third-order valence-electron chi connectivity index (χ3n) is 5.78. The molecule has 188 valence electrons. The summed E-state index contributed by atoms with van der Waals surface area (Å²) in [5.41, 5.74) is 0. The largest absolute Gasteiger partial charge is 0.756 e. The number of quaternary nitrogens is 1. The highest BCUT2D eigenvalue weighted by Crippen LogP contribution is 2.41. The van der Waals surface area contributed by atoms with E-state index in [1.807, 2.05) is 21.1 Å². The number of hydrogen-bond acceptors (Lipinski definition) is 4. The SMILES string of the molecule is CCCCCCCCCCCCCCCCC(CCC)OP(=O)([O-])OCC[N+](C)(C)C. The first-order chi connectivity index (χ1) is 14.7. The summed E-state index contributed by atoms with van der Waals surface area (Å²) in [4.78, 5) is 12.1. The summed E-state index contributed by atoms with van der Waals surface area (Å²) in [7, 11) is 1.82. The molecular formula is C25H54NO4P. The summed E-state index contributed by atoms with van der Waals surface area (Å²) in [6, 6.07) is 0. The molecule has 0 aromatic carbocycles. The number of phosphoric ester groups is 1. The van der Waals surface area contributed by atoms with Gasteiger partial charge < -0.3 is 18.4 Å². The van der Waals surface area contributed by atoms with Gasteiger partial charge in [0.05, 0.1) is 27.2 Å². The second kappa shape index (κ2) is 19.5. The van der Waals surface area contributed by atoms with Crippen molar-refractivity contribution in [1.29, 1.82) is 0 Å². The molecule has 0 aromatic rings. The van der Waals surface area contributed by atoms with Crippen molar-refractivity contribution in [3.8, 4) is 0 Å². The monoisotopic (exact) mass is 463 g/mol. The van der Waals surface area contributed by atoms with E-state index in [4.69, 9.17) is 9.05 Å². The van der Waals surface area contributed by atoms with Gasteiger partial charge in [-0.15, -0.1) is 0 Å². The van der Waals surface area contributed by atoms with Gasteiger partial charge in [-0.25, -0.2) is 0 Å². The molecule has 31 heavy (non-hydrogen) atoms. The van der Waals surface area contributed by atoms with Crippen molar-refractivity contribution in [2.45, 2.75) is 129 Å². The maximum absolute atomic E-state index is 12.1. The molecule has 0 rings (SSSR count). The predicted molar refractivity (Wildman–Crippen MR) is 131 cm³/mol. The molecule has 0 saturated carbocycles. The van der Waals surface area contributed by atoms with Crippen molar-refractivity contribution < 1.29 is 23.0 Å². The Morgan fingerprint density at radius 2 is 1.16 bits per heavy atom. The van der Waals surface area contributed by atoms with E-state index >= 15 is 0 Å². The zero-order chi connectivity index (χ0) is 23.4. The predicted octanol–water partition coefficient (Wildman–Crippen LogP) is 7.23. The fourth-order valence-electron chi connectivity index (χ4n) is 3.78. The van der Waals surface area contributed by atoms with Crippen LogP contribution in [-0.2, 0) is 13.6 Å². The first-order valence-corrected chi connectivity index (χ1v) is 14.6. The lowest BCUT2D eigenvalue weighted by atomic mass is 10.0. The van der Waals surface area contributed by atoms with E-state index in [1.54, 1.807) is 0 Å². The van der Waals surface area contributed by atoms with E-state index in [2.05, 4.69) is 13.8 Å². The second-order valence-electron chi connectivity index (χ2n) is 10.2. The average Bonchev–Trinajstić information content (AvgIpc) is 2.66. The van der Waals surface area contributed by atoms with E-state index < -0.39 is 7.82 Å². The van der Waals surface area contributed by atoms with E-state index in [0.29, 0.717) is 11.0 Å². The fraction of sp³-hybridized carbons (Fsp3) is 1.00. The molecule has 0 radical (unpaired) electrons. The van der Waals surface area contributed by atoms with Gasteiger partial charge in [0.1, 0.15) is 13.2 Å². The Hall–Kier alpha value is 0.0700. The van der Waals surface area contributed by atoms with E-state index in [0.717, 1.165) is 32.1 Å². The summed E-state index contributed by atoms with van der Waals surface area (Å²) in [5.74, 6) is 0. The van der Waals surface area contributed by atoms with Crippen molar-refractivity contribution in [1.82, 2.24) is 0 Å². The molecular weight excluding hydrogens is 409 g/mol. The molecule has 0 fully saturated rings. The lowest BCUT2D eigenvalue weighted by Crippen LogP contribution is -2.37. The number of phosphoric acid groups is 1. The van der Waals surface area contributed by atoms with Crippen molar-refractivity contribution in [3.05, 3.63) is 0 Å². The Bertz CT molecular complexity index is 440. The molecule has 2 unspecified atom stereocenters. The Kier molecular flexibility index (Phi) is 19.6. The Balaban J connectivity index is 3.73. The van der Waals surface area contributed by atoms with Gasteiger partial charge >= 0.3 is 0 Å². The number of unbranched alkanes of at least 4 members (excludes halogenated alkanes) is 13. The third-order valence-corrected chi connectivity index (χ3v) is 6.84. The number of rotatable bonds is 23. The minimum absolute atomic E-state index is 0.169. The van der Waals surface area contributed by atoms with E-state index in [-0.39, 0.29) is 12.7 Å². The van der Waals surface area contributed by atoms with Crippen LogP contribution in [-0.4, -0.2) is 44.9 Å². The van der Waals surface area contributed by atoms with Crippen LogP contribution in [0.1, 0.15) is 123 Å². The molecule has 5 nitrogen and oxygen atoms in total. The van der Waals surface area contributed by atoms with Gasteiger partial charge in [0.25, 0.3) is 7.82 Å². The Morgan fingerprint density at radius 3 is 1.58 bits per heavy atom. The Morgan fingerprint density at radius 1 is 0.710 bits per heavy atom. The summed E-state index contributed by atoms with van der Waals surface area (Å²) >= 11 is 0. The van der Waals surface area contributed by atoms with Crippen molar-refractivity contribution in [2.24, 2.45) is 0 Å². The molecule has 0 aromatic heterocycles. The van der Waals surface area contributed by atoms with Gasteiger partial charge in [0.15, 0.2) is 0 Å². The van der Waals surface area contributed by atoms with Crippen molar-refractivity contribution in [3.63, 3.8) is 0 Å². The molecule has 0 saturated heterocycles. The molecule has 2 atom stereocenters. The van der Waals surface area contributed by atoms with Gasteiger partial charge in [-0.3, -0.25) is 4.57 Å². The highest BCUT2D eigenvalue weighted by molar-refractivity contribution is 7.45. The van der Waals surface area contributed by atoms with Gasteiger partial charge in [-0.2, -0.15) is 0 Å². The zero-order valence-corrected chi connectivity index (χ0v) is 22.4. The lowest BCUT2D eigenvalue weighted by Gasteiger charge is -2.30. The summed E-state index contributed by atoms with van der Waals surface area (Å²) in [5, 5.41) is 0. The summed E-state index contributed by atoms with van der Waals surface area (Å²) in [6.07, 6.45) is 20.8. The first kappa shape index (κ1) is 31.1. The topological polar surface area (TPSA) is 58.6 Å². The zero-order valence-electron chi connectivity index (χ0n) is 21.5. The van der Waals surface area contributed by atoms with Crippen LogP contribution in [0.5, 0.6) is 0 Å². The van der Waals surface area contributed by atoms with Crippen LogP contribution in [0.15, 0.2) is 0 Å². The lowest BCUT2D eigenvalue weighted by molar-refractivity contribution is -0.870. The van der Waals surface area contributed by atoms with E-state index in [9.17, 15) is 9.46 Å². The molecule has 0 aliphatic heterocycles. The average molecular weight is 464 g/mol. The molecule has 0 heterocycles. The van der Waals surface area contributed by atoms with Crippen LogP contribution in [0.3, 0.4) is 0 Å². The van der Waals surface area contributed by atoms with Gasteiger partial charge in [0.2, 0.25) is 0 Å². The molecule has 0 spiro atoms. The Labute approximate surface area is 194 Å². The normalized spacial score (nSPS) is 15.2. The first-order valence-electron chi connectivity index (χ1n) is 13.1. The van der Waals surface area contributed by atoms with Crippen LogP contribution in [0.2, 0.25) is 0 Å². The third kappa shape index (κ3) is 23.0. The van der Waals surface area contributed by atoms with Crippen LogP contribution in [0.4, 0.5) is 0 Å². The van der Waals surface area contributed by atoms with Crippen LogP contribution in [0, 0.1) is 0 Å². The summed E-state index contributed by atoms with van der Waals surface area (Å²) < 4.78 is 23.2. The fourth-order valence-corrected chi connectivity index (χ4v) is 4.72. The highest BCUT2D eigenvalue weighted by Gasteiger charge is 2.19. The second-order valence-corrected chi connectivity index (χ2v) is 11.6. The smallest absolute Gasteiger partial charge is 0.268 e. The molecule has 0 bridgehead atoms. The maximum atomic E-state index is 12.1. The van der Waals surface area contributed by atoms with Crippen molar-refractivity contribution in [2.75, 3.05) is 34.3 Å². The minimum atomic E-state index is -4.21.